The van der Waals surface area contributed by atoms with Gasteiger partial charge in [-0.1, -0.05) is 34.1 Å². The normalized spacial score (nSPS) is 18.8. The number of nitrogens with two attached hydrogens (primary N) is 1. The maximum Gasteiger partial charge on any atom is 0.325 e. The summed E-state index contributed by atoms with van der Waals surface area (Å²) < 4.78 is 0. The van der Waals surface area contributed by atoms with Crippen molar-refractivity contribution in [3.05, 3.63) is 0 Å². The van der Waals surface area contributed by atoms with E-state index in [1.54, 1.807) is 27.7 Å². The zero-order chi connectivity index (χ0) is 36.2. The largest absolute Gasteiger partial charge is 0.481 e. The lowest BCUT2D eigenvalue weighted by Gasteiger charge is -2.29. The summed E-state index contributed by atoms with van der Waals surface area (Å²) in [6.07, 6.45) is 0.633. The van der Waals surface area contributed by atoms with Crippen LogP contribution in [-0.4, -0.2) is 117 Å². The van der Waals surface area contributed by atoms with Gasteiger partial charge in [-0.3, -0.25) is 38.4 Å². The van der Waals surface area contributed by atoms with Crippen molar-refractivity contribution in [2.45, 2.75) is 110 Å². The van der Waals surface area contributed by atoms with Crippen molar-refractivity contribution >= 4 is 60.0 Å². The lowest BCUT2D eigenvalue weighted by molar-refractivity contribution is -0.144. The number of hydrogen-bond donors (Lipinski definition) is 9. The maximum absolute atomic E-state index is 13.3. The SMILES string of the molecule is CCC(C)C(NC(=O)C(NC(=O)C(CS)NC(=O)C(C)NC(=O)C1CCCN1C(=O)C(N)CC(=O)O)C(C)C)C(=O)NC(C)C(=O)O. The number of carbonyl (C=O) groups excluding carboxylic acids is 6. The van der Waals surface area contributed by atoms with Gasteiger partial charge in [0.1, 0.15) is 36.3 Å². The Balaban J connectivity index is 2.92. The molecule has 8 atom stereocenters. The number of nitrogens with one attached hydrogen (secondary N) is 5. The lowest BCUT2D eigenvalue weighted by Crippen LogP contribution is -2.61. The van der Waals surface area contributed by atoms with Crippen LogP contribution in [0.2, 0.25) is 0 Å². The summed E-state index contributed by atoms with van der Waals surface area (Å²) in [5, 5.41) is 30.6. The van der Waals surface area contributed by atoms with Crippen molar-refractivity contribution < 1.29 is 48.6 Å². The molecule has 1 fully saturated rings. The number of nitrogens with zero attached hydrogens (tertiary/aromatic N) is 1. The molecule has 17 nitrogen and oxygen atoms in total. The Morgan fingerprint density at radius 3 is 1.89 bits per heavy atom. The van der Waals surface area contributed by atoms with E-state index in [1.165, 1.54) is 18.7 Å². The van der Waals surface area contributed by atoms with Crippen LogP contribution in [0.1, 0.15) is 67.2 Å². The van der Waals surface area contributed by atoms with Crippen LogP contribution in [0.5, 0.6) is 0 Å². The number of carboxylic acid groups (broad SMARTS) is 2. The summed E-state index contributed by atoms with van der Waals surface area (Å²) in [4.78, 5) is 101. The maximum atomic E-state index is 13.3. The fourth-order valence-electron chi connectivity index (χ4n) is 4.76. The van der Waals surface area contributed by atoms with Gasteiger partial charge in [-0.2, -0.15) is 12.6 Å². The van der Waals surface area contributed by atoms with Gasteiger partial charge >= 0.3 is 11.9 Å². The first kappa shape index (κ1) is 41.1. The third kappa shape index (κ3) is 12.3. The molecule has 6 amide bonds. The molecule has 0 aromatic carbocycles. The molecule has 1 saturated heterocycles. The van der Waals surface area contributed by atoms with E-state index >= 15 is 0 Å². The molecular formula is C29H49N7O10S. The van der Waals surface area contributed by atoms with Crippen LogP contribution in [0, 0.1) is 11.8 Å². The number of amides is 6. The predicted octanol–water partition coefficient (Wildman–Crippen LogP) is -2.04. The number of likely N-dealkylation sites (tertiary alicyclic amines) is 1. The van der Waals surface area contributed by atoms with Crippen LogP contribution in [0.4, 0.5) is 0 Å². The van der Waals surface area contributed by atoms with E-state index in [1.807, 2.05) is 0 Å². The first-order valence-corrected chi connectivity index (χ1v) is 16.1. The lowest BCUT2D eigenvalue weighted by atomic mass is 9.96. The van der Waals surface area contributed by atoms with Crippen LogP contribution < -0.4 is 32.3 Å². The van der Waals surface area contributed by atoms with Gasteiger partial charge in [-0.15, -0.1) is 0 Å². The molecule has 47 heavy (non-hydrogen) atoms. The molecule has 9 N–H and O–H groups in total. The highest BCUT2D eigenvalue weighted by atomic mass is 32.1. The number of thiol groups is 1. The number of rotatable bonds is 18. The number of carboxylic acids is 2. The highest BCUT2D eigenvalue weighted by molar-refractivity contribution is 7.80. The van der Waals surface area contributed by atoms with Gasteiger partial charge in [-0.25, -0.2) is 0 Å². The summed E-state index contributed by atoms with van der Waals surface area (Å²) in [6.45, 7) is 9.68. The van der Waals surface area contributed by atoms with E-state index < -0.39 is 102 Å². The molecular weight excluding hydrogens is 638 g/mol. The molecule has 266 valence electrons. The second-order valence-corrected chi connectivity index (χ2v) is 12.4. The molecule has 8 unspecified atom stereocenters. The molecule has 18 heteroatoms. The molecule has 0 saturated carbocycles. The third-order valence-corrected chi connectivity index (χ3v) is 8.25. The third-order valence-electron chi connectivity index (χ3n) is 7.89. The first-order chi connectivity index (χ1) is 21.9. The van der Waals surface area contributed by atoms with Crippen molar-refractivity contribution in [2.75, 3.05) is 12.3 Å². The van der Waals surface area contributed by atoms with Gasteiger partial charge in [-0.05, 0) is 38.5 Å². The summed E-state index contributed by atoms with van der Waals surface area (Å²) >= 11 is 4.15. The summed E-state index contributed by atoms with van der Waals surface area (Å²) in [7, 11) is 0. The fourth-order valence-corrected chi connectivity index (χ4v) is 5.01. The molecule has 0 aromatic rings. The minimum Gasteiger partial charge on any atom is -0.481 e. The quantitative estimate of drug-likeness (QED) is 0.0709. The molecule has 0 bridgehead atoms. The monoisotopic (exact) mass is 687 g/mol. The van der Waals surface area contributed by atoms with Crippen molar-refractivity contribution in [3.63, 3.8) is 0 Å². The van der Waals surface area contributed by atoms with Gasteiger partial charge in [0.2, 0.25) is 35.4 Å². The predicted molar refractivity (Wildman–Crippen MR) is 172 cm³/mol. The molecule has 1 rings (SSSR count). The number of hydrogen-bond acceptors (Lipinski definition) is 10. The average Bonchev–Trinajstić information content (AvgIpc) is 3.49. The highest BCUT2D eigenvalue weighted by Crippen LogP contribution is 2.19. The average molecular weight is 688 g/mol. The van der Waals surface area contributed by atoms with E-state index in [-0.39, 0.29) is 24.6 Å². The Kier molecular flexibility index (Phi) is 16.6. The molecule has 0 aliphatic carbocycles. The van der Waals surface area contributed by atoms with Gasteiger partial charge in [0.15, 0.2) is 0 Å². The van der Waals surface area contributed by atoms with Crippen LogP contribution in [0.15, 0.2) is 0 Å². The van der Waals surface area contributed by atoms with Crippen molar-refractivity contribution in [3.8, 4) is 0 Å². The van der Waals surface area contributed by atoms with Crippen LogP contribution in [0.3, 0.4) is 0 Å². The second-order valence-electron chi connectivity index (χ2n) is 12.0. The molecule has 1 heterocycles. The molecule has 0 radical (unpaired) electrons. The van der Waals surface area contributed by atoms with E-state index in [0.717, 1.165) is 0 Å². The molecule has 1 aliphatic heterocycles. The van der Waals surface area contributed by atoms with E-state index in [0.29, 0.717) is 12.8 Å². The zero-order valence-electron chi connectivity index (χ0n) is 27.6. The smallest absolute Gasteiger partial charge is 0.325 e. The minimum atomic E-state index is -1.33. The van der Waals surface area contributed by atoms with Crippen molar-refractivity contribution in [1.82, 2.24) is 31.5 Å². The first-order valence-electron chi connectivity index (χ1n) is 15.5. The van der Waals surface area contributed by atoms with Gasteiger partial charge in [0.25, 0.3) is 0 Å². The van der Waals surface area contributed by atoms with Crippen LogP contribution >= 0.6 is 12.6 Å². The fraction of sp³-hybridized carbons (Fsp3) is 0.724. The van der Waals surface area contributed by atoms with Gasteiger partial charge in [0.05, 0.1) is 12.5 Å². The zero-order valence-corrected chi connectivity index (χ0v) is 28.5. The van der Waals surface area contributed by atoms with Crippen LogP contribution in [-0.2, 0) is 38.4 Å². The molecule has 1 aliphatic rings. The highest BCUT2D eigenvalue weighted by Gasteiger charge is 2.38. The Bertz CT molecular complexity index is 1190. The van der Waals surface area contributed by atoms with E-state index in [2.05, 4.69) is 39.2 Å². The Morgan fingerprint density at radius 1 is 0.809 bits per heavy atom. The van der Waals surface area contributed by atoms with Crippen molar-refractivity contribution in [2.24, 2.45) is 17.6 Å². The number of aliphatic carboxylic acids is 2. The minimum absolute atomic E-state index is 0.179. The van der Waals surface area contributed by atoms with E-state index in [9.17, 15) is 38.4 Å². The molecule has 0 aromatic heterocycles. The standard InChI is InChI=1S/C29H49N7O10S/c1-7-14(4)22(27(43)32-16(6)29(45)46)35-26(42)21(13(2)3)34-24(40)18(12-47)33-23(39)15(5)31-25(41)19-9-8-10-36(19)28(44)17(30)11-20(37)38/h13-19,21-22,47H,7-12,30H2,1-6H3,(H,31,41)(H,32,43)(H,33,39)(H,34,40)(H,35,42)(H,37,38)(H,45,46). The van der Waals surface area contributed by atoms with Crippen LogP contribution in [0.25, 0.3) is 0 Å². The summed E-state index contributed by atoms with van der Waals surface area (Å²) in [6, 6.07) is -8.10. The second kappa shape index (κ2) is 19.0. The summed E-state index contributed by atoms with van der Waals surface area (Å²) in [5.74, 6) is -7.77. The Labute approximate surface area is 279 Å². The number of carbonyl (C=O) groups is 8. The van der Waals surface area contributed by atoms with E-state index in [4.69, 9.17) is 15.9 Å². The van der Waals surface area contributed by atoms with Crippen molar-refractivity contribution in [1.29, 1.82) is 0 Å². The summed E-state index contributed by atoms with van der Waals surface area (Å²) in [5.41, 5.74) is 5.69. The Hall–Kier alpha value is -3.93. The Morgan fingerprint density at radius 2 is 1.38 bits per heavy atom. The molecule has 0 spiro atoms. The van der Waals surface area contributed by atoms with Gasteiger partial charge < -0.3 is 47.4 Å². The topological polar surface area (TPSA) is 266 Å². The van der Waals surface area contributed by atoms with Gasteiger partial charge in [0, 0.05) is 12.3 Å².